The van der Waals surface area contributed by atoms with Crippen LogP contribution in [0.15, 0.2) is 24.5 Å². The van der Waals surface area contributed by atoms with E-state index < -0.39 is 8.80 Å². The molecule has 0 saturated heterocycles. The van der Waals surface area contributed by atoms with Crippen LogP contribution in [-0.2, 0) is 19.8 Å². The summed E-state index contributed by atoms with van der Waals surface area (Å²) in [7, 11) is 2.48. The molecule has 1 aromatic heterocycles. The van der Waals surface area contributed by atoms with E-state index in [9.17, 15) is 0 Å². The molecule has 1 aromatic rings. The van der Waals surface area contributed by atoms with Crippen molar-refractivity contribution in [3.63, 3.8) is 0 Å². The molecule has 0 spiro atoms. The molecule has 108 valence electrons. The predicted molar refractivity (Wildman–Crippen MR) is 76.9 cm³/mol. The maximum absolute atomic E-state index is 5.42. The van der Waals surface area contributed by atoms with E-state index in [0.717, 1.165) is 19.0 Å². The van der Waals surface area contributed by atoms with E-state index in [-0.39, 0.29) is 0 Å². The van der Waals surface area contributed by atoms with Gasteiger partial charge in [-0.3, -0.25) is 0 Å². The van der Waals surface area contributed by atoms with Crippen LogP contribution in [0.2, 0.25) is 6.04 Å². The van der Waals surface area contributed by atoms with Gasteiger partial charge in [-0.25, -0.2) is 4.57 Å². The topological polar surface area (TPSA) is 31.6 Å². The van der Waals surface area contributed by atoms with E-state index in [4.69, 9.17) is 13.3 Å². The zero-order valence-electron chi connectivity index (χ0n) is 12.7. The third-order valence-corrected chi connectivity index (χ3v) is 6.41. The second-order valence-corrected chi connectivity index (χ2v) is 7.81. The monoisotopic (exact) mass is 284 g/mol. The van der Waals surface area contributed by atoms with Crippen molar-refractivity contribution in [3.8, 4) is 0 Å². The molecule has 0 fully saturated rings. The van der Waals surface area contributed by atoms with E-state index >= 15 is 0 Å². The number of aromatic nitrogens is 1. The van der Waals surface area contributed by atoms with Gasteiger partial charge in [0.15, 0.2) is 18.9 Å². The first kappa shape index (κ1) is 16.3. The molecule has 0 amide bonds. The summed E-state index contributed by atoms with van der Waals surface area (Å²) in [4.78, 5) is 0. The maximum atomic E-state index is 5.42. The minimum Gasteiger partial charge on any atom is -0.377 e. The second kappa shape index (κ2) is 7.74. The molecule has 5 heteroatoms. The van der Waals surface area contributed by atoms with Crippen molar-refractivity contribution < 1.29 is 17.8 Å². The third kappa shape index (κ3) is 4.38. The minimum absolute atomic E-state index is 0.611. The third-order valence-electron chi connectivity index (χ3n) is 3.71. The Morgan fingerprint density at radius 2 is 1.63 bits per heavy atom. The highest BCUT2D eigenvalue weighted by atomic mass is 28.4. The highest BCUT2D eigenvalue weighted by Crippen LogP contribution is 2.16. The van der Waals surface area contributed by atoms with Gasteiger partial charge < -0.3 is 13.3 Å². The minimum atomic E-state index is -2.46. The Labute approximate surface area is 117 Å². The molecule has 1 atom stereocenters. The lowest BCUT2D eigenvalue weighted by atomic mass is 10.0. The van der Waals surface area contributed by atoms with E-state index in [1.54, 1.807) is 21.3 Å². The van der Waals surface area contributed by atoms with Gasteiger partial charge in [-0.15, -0.1) is 0 Å². The Bertz CT molecular complexity index is 357. The van der Waals surface area contributed by atoms with E-state index in [0.29, 0.717) is 5.92 Å². The van der Waals surface area contributed by atoms with Crippen LogP contribution in [0.1, 0.15) is 31.7 Å². The van der Waals surface area contributed by atoms with Gasteiger partial charge in [0, 0.05) is 33.5 Å². The lowest BCUT2D eigenvalue weighted by molar-refractivity contribution is -0.694. The van der Waals surface area contributed by atoms with Crippen molar-refractivity contribution in [1.29, 1.82) is 0 Å². The molecule has 0 N–H and O–H groups in total. The Morgan fingerprint density at radius 3 is 2.05 bits per heavy atom. The zero-order chi connectivity index (χ0) is 14.3. The molecule has 1 rings (SSSR count). The number of rotatable bonds is 8. The molecular weight excluding hydrogens is 258 g/mol. The standard InChI is InChI=1S/C14H26NO3Si/c1-6-13(2)14-7-9-15(10-8-14)11-12-19(16-3,17-4)18-5/h7-10,13H,6,11-12H2,1-5H3/q+1. The first-order chi connectivity index (χ1) is 9.10. The SMILES string of the molecule is CCC(C)c1cc[n+](CC[Si](OC)(OC)OC)cc1. The van der Waals surface area contributed by atoms with Gasteiger partial charge in [0.2, 0.25) is 0 Å². The molecule has 0 bridgehead atoms. The number of aryl methyl sites for hydroxylation is 1. The van der Waals surface area contributed by atoms with Gasteiger partial charge in [0.05, 0.1) is 6.04 Å². The second-order valence-electron chi connectivity index (χ2n) is 4.72. The molecule has 0 aliphatic carbocycles. The smallest absolute Gasteiger partial charge is 0.377 e. The summed E-state index contributed by atoms with van der Waals surface area (Å²) in [5.74, 6) is 0.611. The van der Waals surface area contributed by atoms with Crippen LogP contribution in [0.4, 0.5) is 0 Å². The lowest BCUT2D eigenvalue weighted by Crippen LogP contribution is -2.47. The van der Waals surface area contributed by atoms with Crippen LogP contribution in [0.3, 0.4) is 0 Å². The molecule has 0 saturated carbocycles. The number of pyridine rings is 1. The number of nitrogens with zero attached hydrogens (tertiary/aromatic N) is 1. The molecule has 0 aliphatic heterocycles. The van der Waals surface area contributed by atoms with E-state index in [1.807, 2.05) is 0 Å². The average molecular weight is 284 g/mol. The van der Waals surface area contributed by atoms with E-state index in [1.165, 1.54) is 5.56 Å². The quantitative estimate of drug-likeness (QED) is 0.542. The Hall–Kier alpha value is -0.753. The molecule has 0 aliphatic rings. The fourth-order valence-corrected chi connectivity index (χ4v) is 3.65. The predicted octanol–water partition coefficient (Wildman–Crippen LogP) is 2.37. The summed E-state index contributed by atoms with van der Waals surface area (Å²) >= 11 is 0. The van der Waals surface area contributed by atoms with Crippen LogP contribution >= 0.6 is 0 Å². The first-order valence-corrected chi connectivity index (χ1v) is 8.68. The Kier molecular flexibility index (Phi) is 6.64. The van der Waals surface area contributed by atoms with Gasteiger partial charge >= 0.3 is 8.80 Å². The van der Waals surface area contributed by atoms with Gasteiger partial charge in [0.1, 0.15) is 0 Å². The number of hydrogen-bond donors (Lipinski definition) is 0. The van der Waals surface area contributed by atoms with Crippen molar-refractivity contribution in [3.05, 3.63) is 30.1 Å². The summed E-state index contributed by atoms with van der Waals surface area (Å²) < 4.78 is 18.4. The van der Waals surface area contributed by atoms with Crippen molar-refractivity contribution >= 4 is 8.80 Å². The average Bonchev–Trinajstić information content (AvgIpc) is 2.49. The summed E-state index contributed by atoms with van der Waals surface area (Å²) in [6.07, 6.45) is 5.39. The fraction of sp³-hybridized carbons (Fsp3) is 0.643. The fourth-order valence-electron chi connectivity index (χ4n) is 2.00. The molecular formula is C14H26NO3Si+. The van der Waals surface area contributed by atoms with Crippen LogP contribution in [0.5, 0.6) is 0 Å². The number of hydrogen-bond acceptors (Lipinski definition) is 3. The summed E-state index contributed by atoms with van der Waals surface area (Å²) in [5.41, 5.74) is 1.38. The molecule has 1 heterocycles. The van der Waals surface area contributed by atoms with Gasteiger partial charge in [-0.2, -0.15) is 0 Å². The Balaban J connectivity index is 2.63. The summed E-state index contributed by atoms with van der Waals surface area (Å²) in [6.45, 7) is 5.29. The van der Waals surface area contributed by atoms with Crippen molar-refractivity contribution in [2.75, 3.05) is 21.3 Å². The van der Waals surface area contributed by atoms with Gasteiger partial charge in [-0.05, 0) is 17.9 Å². The lowest BCUT2D eigenvalue weighted by Gasteiger charge is -2.22. The summed E-state index contributed by atoms with van der Waals surface area (Å²) in [6, 6.07) is 5.14. The largest absolute Gasteiger partial charge is 0.506 e. The van der Waals surface area contributed by atoms with Crippen LogP contribution in [-0.4, -0.2) is 30.1 Å². The molecule has 19 heavy (non-hydrogen) atoms. The van der Waals surface area contributed by atoms with Crippen molar-refractivity contribution in [1.82, 2.24) is 0 Å². The summed E-state index contributed by atoms with van der Waals surface area (Å²) in [5, 5.41) is 0. The van der Waals surface area contributed by atoms with Crippen LogP contribution in [0.25, 0.3) is 0 Å². The van der Waals surface area contributed by atoms with Gasteiger partial charge in [0.25, 0.3) is 0 Å². The zero-order valence-corrected chi connectivity index (χ0v) is 13.7. The van der Waals surface area contributed by atoms with Crippen molar-refractivity contribution in [2.45, 2.75) is 38.8 Å². The maximum Gasteiger partial charge on any atom is 0.506 e. The van der Waals surface area contributed by atoms with Gasteiger partial charge in [-0.1, -0.05) is 13.8 Å². The van der Waals surface area contributed by atoms with E-state index in [2.05, 4.69) is 42.9 Å². The molecule has 4 nitrogen and oxygen atoms in total. The van der Waals surface area contributed by atoms with Crippen LogP contribution < -0.4 is 4.57 Å². The highest BCUT2D eigenvalue weighted by Gasteiger charge is 2.38. The molecule has 0 aromatic carbocycles. The van der Waals surface area contributed by atoms with Crippen molar-refractivity contribution in [2.24, 2.45) is 0 Å². The highest BCUT2D eigenvalue weighted by molar-refractivity contribution is 6.60. The normalized spacial score (nSPS) is 13.5. The Morgan fingerprint density at radius 1 is 1.11 bits per heavy atom. The first-order valence-electron chi connectivity index (χ1n) is 6.75. The molecule has 1 unspecified atom stereocenters. The molecule has 0 radical (unpaired) electrons. The van der Waals surface area contributed by atoms with Crippen LogP contribution in [0, 0.1) is 0 Å².